The molecule has 1 nitrogen and oxygen atoms in total. The first kappa shape index (κ1) is 14.1. The SMILES string of the molecule is CN1CC(c2ccccc2)C(c2ccccc2)c2ccccc21. The van der Waals surface area contributed by atoms with Crippen molar-refractivity contribution in [1.29, 1.82) is 0 Å². The highest BCUT2D eigenvalue weighted by atomic mass is 15.1. The van der Waals surface area contributed by atoms with E-state index in [1.54, 1.807) is 0 Å². The van der Waals surface area contributed by atoms with E-state index in [0.717, 1.165) is 6.54 Å². The van der Waals surface area contributed by atoms with E-state index in [1.807, 2.05) is 0 Å². The molecule has 1 aliphatic rings. The first-order chi connectivity index (χ1) is 11.3. The lowest BCUT2D eigenvalue weighted by Gasteiger charge is -2.40. The topological polar surface area (TPSA) is 3.24 Å². The van der Waals surface area contributed by atoms with Gasteiger partial charge in [0, 0.05) is 31.1 Å². The van der Waals surface area contributed by atoms with E-state index in [-0.39, 0.29) is 0 Å². The predicted molar refractivity (Wildman–Crippen MR) is 97.2 cm³/mol. The quantitative estimate of drug-likeness (QED) is 0.640. The number of hydrogen-bond acceptors (Lipinski definition) is 1. The summed E-state index contributed by atoms with van der Waals surface area (Å²) in [5.41, 5.74) is 5.61. The summed E-state index contributed by atoms with van der Waals surface area (Å²) < 4.78 is 0. The third kappa shape index (κ3) is 2.53. The van der Waals surface area contributed by atoms with Gasteiger partial charge in [0.05, 0.1) is 0 Å². The van der Waals surface area contributed by atoms with Crippen molar-refractivity contribution in [3.05, 3.63) is 102 Å². The highest BCUT2D eigenvalue weighted by molar-refractivity contribution is 5.61. The van der Waals surface area contributed by atoms with Crippen molar-refractivity contribution < 1.29 is 0 Å². The van der Waals surface area contributed by atoms with Crippen LogP contribution in [-0.2, 0) is 0 Å². The highest BCUT2D eigenvalue weighted by Crippen LogP contribution is 2.46. The van der Waals surface area contributed by atoms with Crippen molar-refractivity contribution in [2.45, 2.75) is 11.8 Å². The van der Waals surface area contributed by atoms with E-state index in [0.29, 0.717) is 11.8 Å². The Balaban J connectivity index is 1.89. The molecule has 0 aromatic heterocycles. The Bertz CT molecular complexity index is 779. The molecule has 1 aliphatic heterocycles. The van der Waals surface area contributed by atoms with Crippen LogP contribution in [0.2, 0.25) is 0 Å². The monoisotopic (exact) mass is 299 g/mol. The van der Waals surface area contributed by atoms with Crippen molar-refractivity contribution in [2.24, 2.45) is 0 Å². The van der Waals surface area contributed by atoms with Crippen LogP contribution in [0.15, 0.2) is 84.9 Å². The van der Waals surface area contributed by atoms with Crippen molar-refractivity contribution >= 4 is 5.69 Å². The predicted octanol–water partition coefficient (Wildman–Crippen LogP) is 5.05. The maximum Gasteiger partial charge on any atom is 0.0402 e. The first-order valence-electron chi connectivity index (χ1n) is 8.24. The van der Waals surface area contributed by atoms with Crippen molar-refractivity contribution in [1.82, 2.24) is 0 Å². The molecule has 0 spiro atoms. The zero-order valence-corrected chi connectivity index (χ0v) is 13.4. The van der Waals surface area contributed by atoms with Crippen LogP contribution in [0.5, 0.6) is 0 Å². The van der Waals surface area contributed by atoms with E-state index < -0.39 is 0 Å². The Morgan fingerprint density at radius 2 is 1.26 bits per heavy atom. The van der Waals surface area contributed by atoms with Crippen LogP contribution < -0.4 is 4.90 Å². The van der Waals surface area contributed by atoms with Crippen LogP contribution in [0.25, 0.3) is 0 Å². The van der Waals surface area contributed by atoms with Gasteiger partial charge in [-0.1, -0.05) is 78.9 Å². The fraction of sp³-hybridized carbons (Fsp3) is 0.182. The molecule has 1 heterocycles. The van der Waals surface area contributed by atoms with Gasteiger partial charge in [0.1, 0.15) is 0 Å². The molecule has 2 atom stereocenters. The Labute approximate surface area is 138 Å². The molecule has 0 fully saturated rings. The number of hydrogen-bond donors (Lipinski definition) is 0. The number of fused-ring (bicyclic) bond motifs is 1. The largest absolute Gasteiger partial charge is 0.374 e. The smallest absolute Gasteiger partial charge is 0.0402 e. The summed E-state index contributed by atoms with van der Waals surface area (Å²) in [7, 11) is 2.20. The highest BCUT2D eigenvalue weighted by Gasteiger charge is 2.33. The molecule has 0 bridgehead atoms. The standard InChI is InChI=1S/C22H21N/c1-23-16-20(17-10-4-2-5-11-17)22(18-12-6-3-7-13-18)19-14-8-9-15-21(19)23/h2-15,20,22H,16H2,1H3. The van der Waals surface area contributed by atoms with E-state index in [2.05, 4.69) is 96.9 Å². The number of likely N-dealkylation sites (N-methyl/N-ethyl adjacent to an activating group) is 1. The maximum atomic E-state index is 2.40. The van der Waals surface area contributed by atoms with Crippen molar-refractivity contribution in [2.75, 3.05) is 18.5 Å². The van der Waals surface area contributed by atoms with Gasteiger partial charge in [0.25, 0.3) is 0 Å². The molecular weight excluding hydrogens is 278 g/mol. The lowest BCUT2D eigenvalue weighted by Crippen LogP contribution is -2.34. The van der Waals surface area contributed by atoms with Gasteiger partial charge in [-0.25, -0.2) is 0 Å². The summed E-state index contributed by atoms with van der Waals surface area (Å²) in [5.74, 6) is 0.879. The molecule has 23 heavy (non-hydrogen) atoms. The lowest BCUT2D eigenvalue weighted by molar-refractivity contribution is 0.570. The Kier molecular flexibility index (Phi) is 3.63. The van der Waals surface area contributed by atoms with Crippen LogP contribution in [0.1, 0.15) is 28.5 Å². The summed E-state index contributed by atoms with van der Waals surface area (Å²) in [6.07, 6.45) is 0. The van der Waals surface area contributed by atoms with Gasteiger partial charge in [0.15, 0.2) is 0 Å². The fourth-order valence-electron chi connectivity index (χ4n) is 3.88. The fourth-order valence-corrected chi connectivity index (χ4v) is 3.88. The average molecular weight is 299 g/mol. The van der Waals surface area contributed by atoms with Crippen LogP contribution in [-0.4, -0.2) is 13.6 Å². The Morgan fingerprint density at radius 3 is 1.96 bits per heavy atom. The molecule has 4 rings (SSSR count). The van der Waals surface area contributed by atoms with Crippen LogP contribution in [0.4, 0.5) is 5.69 Å². The Hall–Kier alpha value is -2.54. The summed E-state index contributed by atoms with van der Waals surface area (Å²) in [5, 5.41) is 0. The van der Waals surface area contributed by atoms with Gasteiger partial charge in [-0.2, -0.15) is 0 Å². The minimum atomic E-state index is 0.408. The van der Waals surface area contributed by atoms with Crippen LogP contribution in [0.3, 0.4) is 0 Å². The van der Waals surface area contributed by atoms with Gasteiger partial charge in [-0.05, 0) is 22.8 Å². The molecule has 0 amide bonds. The molecule has 1 heteroatoms. The summed E-state index contributed by atoms with van der Waals surface area (Å²) in [4.78, 5) is 2.40. The second-order valence-corrected chi connectivity index (χ2v) is 6.34. The zero-order valence-electron chi connectivity index (χ0n) is 13.4. The molecule has 0 aliphatic carbocycles. The van der Waals surface area contributed by atoms with Gasteiger partial charge in [-0.3, -0.25) is 0 Å². The summed E-state index contributed by atoms with van der Waals surface area (Å²) in [6.45, 7) is 1.04. The van der Waals surface area contributed by atoms with Crippen LogP contribution >= 0.6 is 0 Å². The van der Waals surface area contributed by atoms with Crippen LogP contribution in [0, 0.1) is 0 Å². The molecule has 0 saturated heterocycles. The second kappa shape index (κ2) is 5.92. The van der Waals surface area contributed by atoms with E-state index in [4.69, 9.17) is 0 Å². The number of benzene rings is 3. The normalized spacial score (nSPS) is 20.1. The van der Waals surface area contributed by atoms with Gasteiger partial charge in [0.2, 0.25) is 0 Å². The third-order valence-corrected chi connectivity index (χ3v) is 4.94. The number of anilines is 1. The number of para-hydroxylation sites is 1. The van der Waals surface area contributed by atoms with Crippen molar-refractivity contribution in [3.63, 3.8) is 0 Å². The molecule has 3 aromatic rings. The van der Waals surface area contributed by atoms with E-state index >= 15 is 0 Å². The number of rotatable bonds is 2. The molecule has 0 radical (unpaired) electrons. The number of nitrogens with zero attached hydrogens (tertiary/aromatic N) is 1. The minimum absolute atomic E-state index is 0.408. The Morgan fingerprint density at radius 1 is 0.696 bits per heavy atom. The molecule has 3 aromatic carbocycles. The summed E-state index contributed by atoms with van der Waals surface area (Å²) >= 11 is 0. The average Bonchev–Trinajstić information content (AvgIpc) is 2.63. The summed E-state index contributed by atoms with van der Waals surface area (Å²) in [6, 6.07) is 30.7. The molecule has 0 N–H and O–H groups in total. The second-order valence-electron chi connectivity index (χ2n) is 6.34. The van der Waals surface area contributed by atoms with Gasteiger partial charge < -0.3 is 4.90 Å². The third-order valence-electron chi connectivity index (χ3n) is 4.94. The molecule has 2 unspecified atom stereocenters. The molecule has 114 valence electrons. The zero-order chi connectivity index (χ0) is 15.6. The van der Waals surface area contributed by atoms with Gasteiger partial charge >= 0.3 is 0 Å². The van der Waals surface area contributed by atoms with Gasteiger partial charge in [-0.15, -0.1) is 0 Å². The molecule has 0 saturated carbocycles. The maximum absolute atomic E-state index is 2.40. The first-order valence-corrected chi connectivity index (χ1v) is 8.24. The lowest BCUT2D eigenvalue weighted by atomic mass is 9.74. The van der Waals surface area contributed by atoms with E-state index in [1.165, 1.54) is 22.4 Å². The van der Waals surface area contributed by atoms with E-state index in [9.17, 15) is 0 Å². The van der Waals surface area contributed by atoms with Crippen molar-refractivity contribution in [3.8, 4) is 0 Å². The minimum Gasteiger partial charge on any atom is -0.374 e. The molecular formula is C22H21N.